The minimum absolute atomic E-state index is 0.186. The van der Waals surface area contributed by atoms with Crippen LogP contribution in [0.25, 0.3) is 0 Å². The Hall–Kier alpha value is -1.51. The molecule has 1 aliphatic heterocycles. The van der Waals surface area contributed by atoms with Crippen LogP contribution in [-0.4, -0.2) is 30.4 Å². The molecule has 3 heteroatoms. The standard InChI is InChI=1S/C17H26N2O/c1-3-10-18-16-13-14(2)8-9-15(16)17(20)19-11-6-4-5-7-12-19/h8-9,13,18H,3-7,10-12H2,1-2H3. The number of hydrogen-bond acceptors (Lipinski definition) is 2. The fourth-order valence-corrected chi connectivity index (χ4v) is 2.69. The Bertz CT molecular complexity index is 448. The Balaban J connectivity index is 2.18. The maximum absolute atomic E-state index is 12.7. The van der Waals surface area contributed by atoms with Gasteiger partial charge in [-0.05, 0) is 43.9 Å². The molecule has 110 valence electrons. The average Bonchev–Trinajstić information content (AvgIpc) is 2.73. The minimum Gasteiger partial charge on any atom is -0.384 e. The monoisotopic (exact) mass is 274 g/mol. The maximum Gasteiger partial charge on any atom is 0.255 e. The molecule has 2 rings (SSSR count). The lowest BCUT2D eigenvalue weighted by Gasteiger charge is -2.22. The number of aryl methyl sites for hydroxylation is 1. The first-order valence-corrected chi connectivity index (χ1v) is 7.86. The summed E-state index contributed by atoms with van der Waals surface area (Å²) in [5, 5.41) is 3.39. The lowest BCUT2D eigenvalue weighted by molar-refractivity contribution is 0.0762. The molecule has 1 aromatic carbocycles. The summed E-state index contributed by atoms with van der Waals surface area (Å²) in [5.74, 6) is 0.186. The van der Waals surface area contributed by atoms with Crippen LogP contribution in [0.4, 0.5) is 5.69 Å². The zero-order chi connectivity index (χ0) is 14.4. The molecule has 1 aliphatic rings. The summed E-state index contributed by atoms with van der Waals surface area (Å²) < 4.78 is 0. The predicted molar refractivity (Wildman–Crippen MR) is 84.3 cm³/mol. The van der Waals surface area contributed by atoms with Crippen molar-refractivity contribution in [1.82, 2.24) is 4.90 Å². The first-order valence-electron chi connectivity index (χ1n) is 7.86. The minimum atomic E-state index is 0.186. The van der Waals surface area contributed by atoms with Crippen molar-refractivity contribution in [3.63, 3.8) is 0 Å². The highest BCUT2D eigenvalue weighted by atomic mass is 16.2. The van der Waals surface area contributed by atoms with Crippen molar-refractivity contribution in [2.75, 3.05) is 25.0 Å². The highest BCUT2D eigenvalue weighted by Gasteiger charge is 2.19. The van der Waals surface area contributed by atoms with Crippen molar-refractivity contribution in [3.05, 3.63) is 29.3 Å². The van der Waals surface area contributed by atoms with Gasteiger partial charge in [0.2, 0.25) is 0 Å². The van der Waals surface area contributed by atoms with Crippen molar-refractivity contribution < 1.29 is 4.79 Å². The van der Waals surface area contributed by atoms with E-state index in [-0.39, 0.29) is 5.91 Å². The molecular formula is C17H26N2O. The predicted octanol–water partition coefficient (Wildman–Crippen LogP) is 3.83. The van der Waals surface area contributed by atoms with Crippen LogP contribution in [0.2, 0.25) is 0 Å². The number of amides is 1. The van der Waals surface area contributed by atoms with Crippen LogP contribution in [0.15, 0.2) is 18.2 Å². The Morgan fingerprint density at radius 2 is 1.90 bits per heavy atom. The van der Waals surface area contributed by atoms with Gasteiger partial charge in [0.1, 0.15) is 0 Å². The molecule has 1 aromatic rings. The largest absolute Gasteiger partial charge is 0.384 e. The molecule has 20 heavy (non-hydrogen) atoms. The van der Waals surface area contributed by atoms with Crippen LogP contribution in [0.5, 0.6) is 0 Å². The van der Waals surface area contributed by atoms with Gasteiger partial charge in [0.05, 0.1) is 5.56 Å². The fourth-order valence-electron chi connectivity index (χ4n) is 2.69. The summed E-state index contributed by atoms with van der Waals surface area (Å²) in [6.45, 7) is 6.92. The van der Waals surface area contributed by atoms with Gasteiger partial charge in [0.25, 0.3) is 5.91 Å². The van der Waals surface area contributed by atoms with Gasteiger partial charge in [-0.15, -0.1) is 0 Å². The van der Waals surface area contributed by atoms with Crippen LogP contribution >= 0.6 is 0 Å². The third-order valence-electron chi connectivity index (χ3n) is 3.86. The number of benzene rings is 1. The number of carbonyl (C=O) groups is 1. The molecule has 0 atom stereocenters. The Labute approximate surface area is 122 Å². The maximum atomic E-state index is 12.7. The van der Waals surface area contributed by atoms with Crippen molar-refractivity contribution >= 4 is 11.6 Å². The van der Waals surface area contributed by atoms with Gasteiger partial charge in [-0.1, -0.05) is 25.8 Å². The lowest BCUT2D eigenvalue weighted by Crippen LogP contribution is -2.32. The van der Waals surface area contributed by atoms with Gasteiger partial charge in [-0.2, -0.15) is 0 Å². The van der Waals surface area contributed by atoms with E-state index < -0.39 is 0 Å². The molecule has 1 saturated heterocycles. The van der Waals surface area contributed by atoms with Crippen molar-refractivity contribution in [2.45, 2.75) is 46.0 Å². The summed E-state index contributed by atoms with van der Waals surface area (Å²) in [6.07, 6.45) is 5.83. The van der Waals surface area contributed by atoms with Crippen LogP contribution in [0.1, 0.15) is 54.9 Å². The number of nitrogens with zero attached hydrogens (tertiary/aromatic N) is 1. The number of likely N-dealkylation sites (tertiary alicyclic amines) is 1. The molecule has 1 fully saturated rings. The number of rotatable bonds is 4. The summed E-state index contributed by atoms with van der Waals surface area (Å²) in [4.78, 5) is 14.8. The average molecular weight is 274 g/mol. The quantitative estimate of drug-likeness (QED) is 0.905. The van der Waals surface area contributed by atoms with E-state index in [1.807, 2.05) is 17.0 Å². The second kappa shape index (κ2) is 7.32. The highest BCUT2D eigenvalue weighted by molar-refractivity contribution is 5.99. The van der Waals surface area contributed by atoms with Gasteiger partial charge in [0.15, 0.2) is 0 Å². The van der Waals surface area contributed by atoms with E-state index in [9.17, 15) is 4.79 Å². The third kappa shape index (κ3) is 3.75. The fraction of sp³-hybridized carbons (Fsp3) is 0.588. The van der Waals surface area contributed by atoms with E-state index in [1.54, 1.807) is 0 Å². The SMILES string of the molecule is CCCNc1cc(C)ccc1C(=O)N1CCCCCC1. The van der Waals surface area contributed by atoms with E-state index in [2.05, 4.69) is 25.2 Å². The van der Waals surface area contributed by atoms with E-state index in [4.69, 9.17) is 0 Å². The highest BCUT2D eigenvalue weighted by Crippen LogP contribution is 2.21. The molecular weight excluding hydrogens is 248 g/mol. The van der Waals surface area contributed by atoms with Gasteiger partial charge >= 0.3 is 0 Å². The molecule has 1 amide bonds. The van der Waals surface area contributed by atoms with Crippen LogP contribution in [0.3, 0.4) is 0 Å². The van der Waals surface area contributed by atoms with E-state index in [0.717, 1.165) is 50.1 Å². The Morgan fingerprint density at radius 3 is 2.55 bits per heavy atom. The zero-order valence-corrected chi connectivity index (χ0v) is 12.7. The molecule has 0 saturated carbocycles. The first-order chi connectivity index (χ1) is 9.72. The molecule has 1 heterocycles. The molecule has 0 bridgehead atoms. The normalized spacial score (nSPS) is 15.8. The zero-order valence-electron chi connectivity index (χ0n) is 12.7. The third-order valence-corrected chi connectivity index (χ3v) is 3.86. The molecule has 0 unspecified atom stereocenters. The first kappa shape index (κ1) is 14.9. The number of anilines is 1. The Morgan fingerprint density at radius 1 is 1.20 bits per heavy atom. The molecule has 0 aromatic heterocycles. The van der Waals surface area contributed by atoms with Crippen LogP contribution in [0, 0.1) is 6.92 Å². The van der Waals surface area contributed by atoms with Gasteiger partial charge < -0.3 is 10.2 Å². The van der Waals surface area contributed by atoms with Crippen molar-refractivity contribution in [3.8, 4) is 0 Å². The molecule has 1 N–H and O–H groups in total. The topological polar surface area (TPSA) is 32.3 Å². The number of carbonyl (C=O) groups excluding carboxylic acids is 1. The summed E-state index contributed by atoms with van der Waals surface area (Å²) in [6, 6.07) is 6.09. The second-order valence-corrected chi connectivity index (χ2v) is 5.68. The second-order valence-electron chi connectivity index (χ2n) is 5.68. The molecule has 0 radical (unpaired) electrons. The lowest BCUT2D eigenvalue weighted by atomic mass is 10.1. The summed E-state index contributed by atoms with van der Waals surface area (Å²) in [5.41, 5.74) is 3.00. The number of hydrogen-bond donors (Lipinski definition) is 1. The van der Waals surface area contributed by atoms with Gasteiger partial charge in [0, 0.05) is 25.3 Å². The van der Waals surface area contributed by atoms with Gasteiger partial charge in [-0.25, -0.2) is 0 Å². The van der Waals surface area contributed by atoms with E-state index in [1.165, 1.54) is 18.4 Å². The van der Waals surface area contributed by atoms with Crippen molar-refractivity contribution in [1.29, 1.82) is 0 Å². The summed E-state index contributed by atoms with van der Waals surface area (Å²) >= 11 is 0. The van der Waals surface area contributed by atoms with Gasteiger partial charge in [-0.3, -0.25) is 4.79 Å². The van der Waals surface area contributed by atoms with E-state index in [0.29, 0.717) is 0 Å². The molecule has 0 aliphatic carbocycles. The molecule has 3 nitrogen and oxygen atoms in total. The Kier molecular flexibility index (Phi) is 5.45. The smallest absolute Gasteiger partial charge is 0.255 e. The van der Waals surface area contributed by atoms with Crippen LogP contribution in [-0.2, 0) is 0 Å². The van der Waals surface area contributed by atoms with Crippen LogP contribution < -0.4 is 5.32 Å². The molecule has 0 spiro atoms. The van der Waals surface area contributed by atoms with Crippen molar-refractivity contribution in [2.24, 2.45) is 0 Å². The number of nitrogens with one attached hydrogen (secondary N) is 1. The van der Waals surface area contributed by atoms with E-state index >= 15 is 0 Å². The summed E-state index contributed by atoms with van der Waals surface area (Å²) in [7, 11) is 0.